The van der Waals surface area contributed by atoms with E-state index in [0.29, 0.717) is 6.42 Å². The van der Waals surface area contributed by atoms with Crippen LogP contribution in [0.2, 0.25) is 0 Å². The van der Waals surface area contributed by atoms with E-state index in [2.05, 4.69) is 141 Å². The van der Waals surface area contributed by atoms with Crippen molar-refractivity contribution in [2.45, 2.75) is 273 Å². The highest BCUT2D eigenvalue weighted by Crippen LogP contribution is 2.66. The van der Waals surface area contributed by atoms with Gasteiger partial charge in [0.05, 0.1) is 42.4 Å². The van der Waals surface area contributed by atoms with E-state index >= 15 is 0 Å². The van der Waals surface area contributed by atoms with Crippen molar-refractivity contribution in [1.82, 2.24) is 5.32 Å². The molecule has 0 atom stereocenters. The van der Waals surface area contributed by atoms with Gasteiger partial charge in [-0.05, 0) is 93.3 Å². The number of rotatable bonds is 51. The zero-order valence-electron chi connectivity index (χ0n) is 49.5. The lowest BCUT2D eigenvalue weighted by Crippen LogP contribution is -2.24. The average molecular weight is 1330 g/mol. The summed E-state index contributed by atoms with van der Waals surface area (Å²) in [5.74, 6) is 7.34. The highest BCUT2D eigenvalue weighted by Gasteiger charge is 2.31. The molecule has 0 saturated heterocycles. The monoisotopic (exact) mass is 1330 g/mol. The third-order valence-corrected chi connectivity index (χ3v) is 34.5. The second kappa shape index (κ2) is 49.8. The summed E-state index contributed by atoms with van der Waals surface area (Å²) < 4.78 is 15.2. The Hall–Kier alpha value is 2.81. The summed E-state index contributed by atoms with van der Waals surface area (Å²) in [5, 5.41) is 3.25. The Morgan fingerprint density at radius 3 is 0.833 bits per heavy atom. The Balaban J connectivity index is 1.10. The summed E-state index contributed by atoms with van der Waals surface area (Å²) in [7, 11) is 0. The van der Waals surface area contributed by atoms with Crippen molar-refractivity contribution < 1.29 is 4.79 Å². The van der Waals surface area contributed by atoms with Gasteiger partial charge in [-0.15, -0.1) is 70.6 Å². The number of nitrogens with one attached hydrogen (secondary N) is 1. The first-order valence-corrected chi connectivity index (χ1v) is 43.7. The van der Waals surface area contributed by atoms with E-state index in [0.717, 1.165) is 37.3 Å². The van der Waals surface area contributed by atoms with Crippen LogP contribution in [-0.2, 0) is 4.79 Å². The lowest BCUT2D eigenvalue weighted by atomic mass is 10.1. The van der Waals surface area contributed by atoms with E-state index < -0.39 is 0 Å². The first-order chi connectivity index (χ1) is 38.4. The van der Waals surface area contributed by atoms with Crippen molar-refractivity contribution in [1.29, 1.82) is 0 Å². The standard InChI is InChI=1S/C62H105NOS14/c1-7-11-15-19-23-27-31-36-44-67-55-56(68-45-37-32-28-24-20-16-12-8-2)76-61(75-55)59-71-50(5)53(73-59)65-48-40-35-43-63-52(64)42-41-49-66-54-51(6)72-60(74-54)62-77-57(69-46-38-33-29-25-21-17-13-9-3)58(78-62)70-47-39-34-30-26-22-18-14-10-4/h7-49H2,1-6H3,(H,63,64). The maximum Gasteiger partial charge on any atom is 0.220 e. The van der Waals surface area contributed by atoms with E-state index in [1.807, 2.05) is 70.6 Å². The Morgan fingerprint density at radius 2 is 0.526 bits per heavy atom. The van der Waals surface area contributed by atoms with Gasteiger partial charge in [-0.25, -0.2) is 0 Å². The van der Waals surface area contributed by atoms with Crippen LogP contribution in [0.1, 0.15) is 273 Å². The number of carbonyl (C=O) groups excluding carboxylic acids is 1. The van der Waals surface area contributed by atoms with Gasteiger partial charge in [0, 0.05) is 22.8 Å². The van der Waals surface area contributed by atoms with Crippen LogP contribution in [0.25, 0.3) is 0 Å². The predicted octanol–water partition coefficient (Wildman–Crippen LogP) is 27.4. The number of thioether (sulfide) groups is 14. The molecule has 0 aromatic rings. The van der Waals surface area contributed by atoms with Gasteiger partial charge in [0.2, 0.25) is 5.91 Å². The molecule has 78 heavy (non-hydrogen) atoms. The third kappa shape index (κ3) is 33.8. The molecular formula is C62H105NOS14. The van der Waals surface area contributed by atoms with Crippen molar-refractivity contribution in [3.05, 3.63) is 52.2 Å². The molecule has 16 heteroatoms. The molecule has 0 aromatic heterocycles. The van der Waals surface area contributed by atoms with E-state index in [1.165, 1.54) is 264 Å². The normalized spacial score (nSPS) is 16.1. The molecule has 0 aromatic carbocycles. The number of amides is 1. The molecule has 4 aliphatic rings. The topological polar surface area (TPSA) is 29.1 Å². The number of unbranched alkanes of at least 4 members (excludes halogenated alkanes) is 29. The van der Waals surface area contributed by atoms with Gasteiger partial charge >= 0.3 is 0 Å². The van der Waals surface area contributed by atoms with Gasteiger partial charge in [0.1, 0.15) is 0 Å². The summed E-state index contributed by atoms with van der Waals surface area (Å²) in [6.45, 7) is 14.7. The van der Waals surface area contributed by atoms with Crippen LogP contribution in [-0.4, -0.2) is 47.0 Å². The number of allylic oxidation sites excluding steroid dienone is 2. The van der Waals surface area contributed by atoms with Crippen molar-refractivity contribution in [3.8, 4) is 0 Å². The number of carbonyl (C=O) groups is 1. The molecule has 2 nitrogen and oxygen atoms in total. The predicted molar refractivity (Wildman–Crippen MR) is 391 cm³/mol. The minimum atomic E-state index is 0.215. The molecule has 0 saturated carbocycles. The first kappa shape index (κ1) is 73.3. The van der Waals surface area contributed by atoms with E-state index in [-0.39, 0.29) is 5.91 Å². The van der Waals surface area contributed by atoms with Crippen LogP contribution in [0.3, 0.4) is 0 Å². The molecule has 0 fully saturated rings. The SMILES string of the molecule is CCCCCCCCCCSC1=C(SCCCCCCCCCC)SC(=C2SC(C)=C(SCCCCNC(=O)CCCSC3=C(C)SC(=C4SC(SCCCCCCCCCC)=C(SCCCCCCCCCC)S4)S3)S2)S1. The molecule has 448 valence electrons. The first-order valence-electron chi connectivity index (χ1n) is 31.2. The summed E-state index contributed by atoms with van der Waals surface area (Å²) in [6.07, 6.45) is 48.2. The zero-order valence-corrected chi connectivity index (χ0v) is 61.0. The van der Waals surface area contributed by atoms with E-state index in [1.54, 1.807) is 16.9 Å². The highest BCUT2D eigenvalue weighted by molar-refractivity contribution is 8.44. The molecule has 0 spiro atoms. The van der Waals surface area contributed by atoms with Crippen LogP contribution in [0.4, 0.5) is 0 Å². The van der Waals surface area contributed by atoms with Crippen molar-refractivity contribution >= 4 is 171 Å². The highest BCUT2D eigenvalue weighted by atomic mass is 32.3. The van der Waals surface area contributed by atoms with Crippen LogP contribution >= 0.6 is 165 Å². The van der Waals surface area contributed by atoms with Gasteiger partial charge in [-0.1, -0.05) is 302 Å². The van der Waals surface area contributed by atoms with Crippen molar-refractivity contribution in [2.75, 3.05) is 41.1 Å². The fourth-order valence-corrected chi connectivity index (χ4v) is 29.8. The van der Waals surface area contributed by atoms with Crippen molar-refractivity contribution in [3.63, 3.8) is 0 Å². The van der Waals surface area contributed by atoms with Gasteiger partial charge in [-0.3, -0.25) is 4.79 Å². The van der Waals surface area contributed by atoms with E-state index in [4.69, 9.17) is 0 Å². The van der Waals surface area contributed by atoms with Crippen molar-refractivity contribution in [2.24, 2.45) is 0 Å². The molecule has 1 N–H and O–H groups in total. The van der Waals surface area contributed by atoms with Crippen LogP contribution in [0, 0.1) is 0 Å². The van der Waals surface area contributed by atoms with Gasteiger partial charge in [0.15, 0.2) is 0 Å². The molecular weight excluding hydrogens is 1220 g/mol. The zero-order chi connectivity index (χ0) is 55.5. The maximum absolute atomic E-state index is 12.9. The summed E-state index contributed by atoms with van der Waals surface area (Å²) in [5.41, 5.74) is 0. The fraction of sp³-hybridized carbons (Fsp3) is 0.790. The smallest absolute Gasteiger partial charge is 0.220 e. The molecule has 0 bridgehead atoms. The van der Waals surface area contributed by atoms with Crippen LogP contribution in [0.5, 0.6) is 0 Å². The molecule has 1 amide bonds. The minimum Gasteiger partial charge on any atom is -0.356 e. The summed E-state index contributed by atoms with van der Waals surface area (Å²) >= 11 is 28.9. The second-order valence-corrected chi connectivity index (χ2v) is 38.7. The summed E-state index contributed by atoms with van der Waals surface area (Å²) in [4.78, 5) is 15.8. The molecule has 0 radical (unpaired) electrons. The quantitative estimate of drug-likeness (QED) is 0.0586. The Kier molecular flexibility index (Phi) is 46.7. The molecule has 4 heterocycles. The van der Waals surface area contributed by atoms with E-state index in [9.17, 15) is 4.79 Å². The lowest BCUT2D eigenvalue weighted by molar-refractivity contribution is -0.121. The third-order valence-electron chi connectivity index (χ3n) is 13.7. The molecule has 0 aliphatic carbocycles. The average Bonchev–Trinajstić information content (AvgIpc) is 4.30. The van der Waals surface area contributed by atoms with Crippen LogP contribution in [0.15, 0.2) is 52.2 Å². The minimum absolute atomic E-state index is 0.215. The van der Waals surface area contributed by atoms with Gasteiger partial charge in [-0.2, -0.15) is 0 Å². The number of hydrogen-bond donors (Lipinski definition) is 1. The Morgan fingerprint density at radius 1 is 0.295 bits per heavy atom. The molecule has 4 aliphatic heterocycles. The Labute approximate surface area is 540 Å². The van der Waals surface area contributed by atoms with Gasteiger partial charge < -0.3 is 5.32 Å². The van der Waals surface area contributed by atoms with Crippen LogP contribution < -0.4 is 5.32 Å². The van der Waals surface area contributed by atoms with Gasteiger partial charge in [0.25, 0.3) is 0 Å². The Bertz CT molecular complexity index is 1770. The maximum atomic E-state index is 12.9. The largest absolute Gasteiger partial charge is 0.356 e. The summed E-state index contributed by atoms with van der Waals surface area (Å²) in [6, 6.07) is 0. The molecule has 4 rings (SSSR count). The molecule has 0 unspecified atom stereocenters. The fourth-order valence-electron chi connectivity index (χ4n) is 8.92. The lowest BCUT2D eigenvalue weighted by Gasteiger charge is -2.07. The second-order valence-electron chi connectivity index (χ2n) is 21.0. The number of hydrogen-bond acceptors (Lipinski definition) is 15.